The molecule has 4 N–H and O–H groups in total. The molecule has 2 rings (SSSR count). The first-order valence-electron chi connectivity index (χ1n) is 5.92. The number of hydrogen-bond donors (Lipinski definition) is 3. The van der Waals surface area contributed by atoms with Gasteiger partial charge in [0.1, 0.15) is 5.69 Å². The fourth-order valence-electron chi connectivity index (χ4n) is 2.17. The Kier molecular flexibility index (Phi) is 3.58. The van der Waals surface area contributed by atoms with Gasteiger partial charge in [0.25, 0.3) is 5.91 Å². The highest BCUT2D eigenvalue weighted by atomic mass is 16.2. The number of carbonyl (C=O) groups is 1. The van der Waals surface area contributed by atoms with Crippen LogP contribution in [0, 0.1) is 0 Å². The molecule has 2 unspecified atom stereocenters. The lowest BCUT2D eigenvalue weighted by Crippen LogP contribution is -2.49. The smallest absolute Gasteiger partial charge is 0.268 e. The van der Waals surface area contributed by atoms with Gasteiger partial charge in [0, 0.05) is 18.2 Å². The van der Waals surface area contributed by atoms with Gasteiger partial charge in [-0.25, -0.2) is 0 Å². The molecule has 2 atom stereocenters. The van der Waals surface area contributed by atoms with Gasteiger partial charge in [0.15, 0.2) is 0 Å². The van der Waals surface area contributed by atoms with Gasteiger partial charge in [0.05, 0.1) is 0 Å². The molecule has 1 aromatic rings. The molecular formula is C12H17N3O2. The summed E-state index contributed by atoms with van der Waals surface area (Å²) < 4.78 is 0. The van der Waals surface area contributed by atoms with E-state index in [1.165, 1.54) is 6.07 Å². The molecule has 5 heteroatoms. The van der Waals surface area contributed by atoms with Crippen molar-refractivity contribution in [2.45, 2.75) is 37.8 Å². The van der Waals surface area contributed by atoms with Gasteiger partial charge in [-0.1, -0.05) is 18.9 Å². The Morgan fingerprint density at radius 3 is 2.82 bits per heavy atom. The monoisotopic (exact) mass is 235 g/mol. The van der Waals surface area contributed by atoms with Crippen LogP contribution in [0.3, 0.4) is 0 Å². The second-order valence-corrected chi connectivity index (χ2v) is 4.46. The average molecular weight is 235 g/mol. The molecule has 1 saturated carbocycles. The van der Waals surface area contributed by atoms with Gasteiger partial charge in [-0.15, -0.1) is 0 Å². The van der Waals surface area contributed by atoms with Crippen molar-refractivity contribution in [1.82, 2.24) is 10.3 Å². The second kappa shape index (κ2) is 5.14. The van der Waals surface area contributed by atoms with Crippen LogP contribution < -0.4 is 16.6 Å². The van der Waals surface area contributed by atoms with Crippen LogP contribution in [-0.4, -0.2) is 23.0 Å². The van der Waals surface area contributed by atoms with E-state index in [4.69, 9.17) is 5.73 Å². The number of carbonyl (C=O) groups excluding carboxylic acids is 1. The maximum absolute atomic E-state index is 11.9. The van der Waals surface area contributed by atoms with Crippen molar-refractivity contribution < 1.29 is 4.79 Å². The molecule has 5 nitrogen and oxygen atoms in total. The highest BCUT2D eigenvalue weighted by molar-refractivity contribution is 5.92. The van der Waals surface area contributed by atoms with Crippen LogP contribution in [0.2, 0.25) is 0 Å². The van der Waals surface area contributed by atoms with Crippen LogP contribution >= 0.6 is 0 Å². The third-order valence-electron chi connectivity index (χ3n) is 3.15. The van der Waals surface area contributed by atoms with E-state index in [1.807, 2.05) is 0 Å². The third-order valence-corrected chi connectivity index (χ3v) is 3.15. The van der Waals surface area contributed by atoms with E-state index < -0.39 is 0 Å². The fraction of sp³-hybridized carbons (Fsp3) is 0.500. The van der Waals surface area contributed by atoms with Crippen LogP contribution in [0.15, 0.2) is 23.0 Å². The standard InChI is InChI=1S/C12H17N3O2/c13-8-4-1-2-5-9(8)15-12(17)10-6-3-7-11(16)14-10/h3,6-9H,1-2,4-5,13H2,(H,14,16)(H,15,17). The molecule has 1 aliphatic rings. The number of nitrogens with one attached hydrogen (secondary N) is 2. The molecular weight excluding hydrogens is 218 g/mol. The first kappa shape index (κ1) is 11.9. The highest BCUT2D eigenvalue weighted by Gasteiger charge is 2.23. The Morgan fingerprint density at radius 1 is 1.35 bits per heavy atom. The first-order chi connectivity index (χ1) is 8.16. The summed E-state index contributed by atoms with van der Waals surface area (Å²) in [6.07, 6.45) is 4.06. The molecule has 0 spiro atoms. The van der Waals surface area contributed by atoms with Crippen LogP contribution in [0.1, 0.15) is 36.2 Å². The van der Waals surface area contributed by atoms with Crippen molar-refractivity contribution in [2.24, 2.45) is 5.73 Å². The van der Waals surface area contributed by atoms with Crippen molar-refractivity contribution in [2.75, 3.05) is 0 Å². The number of rotatable bonds is 2. The van der Waals surface area contributed by atoms with Gasteiger partial charge in [-0.3, -0.25) is 9.59 Å². The van der Waals surface area contributed by atoms with E-state index >= 15 is 0 Å². The summed E-state index contributed by atoms with van der Waals surface area (Å²) in [5.41, 5.74) is 5.96. The fourth-order valence-corrected chi connectivity index (χ4v) is 2.17. The zero-order chi connectivity index (χ0) is 12.3. The number of H-pyrrole nitrogens is 1. The van der Waals surface area contributed by atoms with Crippen molar-refractivity contribution in [3.05, 3.63) is 34.2 Å². The normalized spacial score (nSPS) is 24.3. The lowest BCUT2D eigenvalue weighted by molar-refractivity contribution is 0.0916. The summed E-state index contributed by atoms with van der Waals surface area (Å²) in [7, 11) is 0. The van der Waals surface area contributed by atoms with E-state index in [9.17, 15) is 9.59 Å². The largest absolute Gasteiger partial charge is 0.346 e. The van der Waals surface area contributed by atoms with Gasteiger partial charge in [0.2, 0.25) is 5.56 Å². The summed E-state index contributed by atoms with van der Waals surface area (Å²) in [4.78, 5) is 25.5. The summed E-state index contributed by atoms with van der Waals surface area (Å²) >= 11 is 0. The molecule has 1 fully saturated rings. The maximum atomic E-state index is 11.9. The number of aromatic amines is 1. The summed E-state index contributed by atoms with van der Waals surface area (Å²) in [6, 6.07) is 4.56. The zero-order valence-electron chi connectivity index (χ0n) is 9.61. The van der Waals surface area contributed by atoms with Crippen molar-refractivity contribution in [1.29, 1.82) is 0 Å². The van der Waals surface area contributed by atoms with Gasteiger partial charge < -0.3 is 16.0 Å². The zero-order valence-corrected chi connectivity index (χ0v) is 9.61. The van der Waals surface area contributed by atoms with Gasteiger partial charge in [-0.2, -0.15) is 0 Å². The number of pyridine rings is 1. The predicted molar refractivity (Wildman–Crippen MR) is 64.8 cm³/mol. The Hall–Kier alpha value is -1.62. The SMILES string of the molecule is NC1CCCCC1NC(=O)c1cccc(=O)[nH]1. The van der Waals surface area contributed by atoms with E-state index in [0.29, 0.717) is 0 Å². The number of aromatic nitrogens is 1. The van der Waals surface area contributed by atoms with Crippen LogP contribution in [-0.2, 0) is 0 Å². The van der Waals surface area contributed by atoms with Crippen LogP contribution in [0.25, 0.3) is 0 Å². The maximum Gasteiger partial charge on any atom is 0.268 e. The molecule has 1 amide bonds. The Morgan fingerprint density at radius 2 is 2.12 bits per heavy atom. The molecule has 92 valence electrons. The Balaban J connectivity index is 2.03. The average Bonchev–Trinajstić information content (AvgIpc) is 2.32. The van der Waals surface area contributed by atoms with E-state index in [-0.39, 0.29) is 29.2 Å². The molecule has 0 aliphatic heterocycles. The Labute approximate surface area is 99.4 Å². The molecule has 1 aromatic heterocycles. The quantitative estimate of drug-likeness (QED) is 0.692. The van der Waals surface area contributed by atoms with E-state index in [0.717, 1.165) is 25.7 Å². The molecule has 1 aliphatic carbocycles. The molecule has 0 aromatic carbocycles. The van der Waals surface area contributed by atoms with E-state index in [2.05, 4.69) is 10.3 Å². The lowest BCUT2D eigenvalue weighted by Gasteiger charge is -2.29. The van der Waals surface area contributed by atoms with Crippen molar-refractivity contribution >= 4 is 5.91 Å². The number of hydrogen-bond acceptors (Lipinski definition) is 3. The Bertz CT molecular complexity index is 455. The van der Waals surface area contributed by atoms with Crippen molar-refractivity contribution in [3.63, 3.8) is 0 Å². The molecule has 1 heterocycles. The van der Waals surface area contributed by atoms with Crippen LogP contribution in [0.4, 0.5) is 0 Å². The summed E-state index contributed by atoms with van der Waals surface area (Å²) in [5.74, 6) is -0.259. The summed E-state index contributed by atoms with van der Waals surface area (Å²) in [5, 5.41) is 2.88. The summed E-state index contributed by atoms with van der Waals surface area (Å²) in [6.45, 7) is 0. The second-order valence-electron chi connectivity index (χ2n) is 4.46. The topological polar surface area (TPSA) is 88.0 Å². The highest BCUT2D eigenvalue weighted by Crippen LogP contribution is 2.17. The molecule has 0 radical (unpaired) electrons. The molecule has 0 bridgehead atoms. The number of amides is 1. The lowest BCUT2D eigenvalue weighted by atomic mass is 9.91. The van der Waals surface area contributed by atoms with Crippen LogP contribution in [0.5, 0.6) is 0 Å². The minimum absolute atomic E-state index is 0.0139. The minimum atomic E-state index is -0.273. The minimum Gasteiger partial charge on any atom is -0.346 e. The number of nitrogens with two attached hydrogens (primary N) is 1. The van der Waals surface area contributed by atoms with Gasteiger partial charge in [-0.05, 0) is 18.9 Å². The third kappa shape index (κ3) is 2.94. The first-order valence-corrected chi connectivity index (χ1v) is 5.92. The molecule has 0 saturated heterocycles. The van der Waals surface area contributed by atoms with Crippen molar-refractivity contribution in [3.8, 4) is 0 Å². The van der Waals surface area contributed by atoms with Gasteiger partial charge >= 0.3 is 0 Å². The predicted octanol–water partition coefficient (Wildman–Crippen LogP) is 0.375. The van der Waals surface area contributed by atoms with E-state index in [1.54, 1.807) is 12.1 Å². The molecule has 17 heavy (non-hydrogen) atoms.